The van der Waals surface area contributed by atoms with Gasteiger partial charge in [0.1, 0.15) is 18.3 Å². The van der Waals surface area contributed by atoms with E-state index in [1.807, 2.05) is 4.98 Å². The average Bonchev–Trinajstić information content (AvgIpc) is 3.14. The molecule has 208 valence electrons. The molecule has 1 saturated heterocycles. The van der Waals surface area contributed by atoms with Crippen molar-refractivity contribution in [3.63, 3.8) is 0 Å². The zero-order chi connectivity index (χ0) is 26.8. The van der Waals surface area contributed by atoms with Gasteiger partial charge in [0.2, 0.25) is 0 Å². The number of phosphoric acid groups is 2. The smallest absolute Gasteiger partial charge is 0.396 e. The molecular formula is C18H32N2O14P2. The van der Waals surface area contributed by atoms with Crippen LogP contribution in [0.3, 0.4) is 0 Å². The summed E-state index contributed by atoms with van der Waals surface area (Å²) in [6.07, 6.45) is -2.96. The van der Waals surface area contributed by atoms with Crippen molar-refractivity contribution in [2.24, 2.45) is 0 Å². The van der Waals surface area contributed by atoms with Crippen molar-refractivity contribution in [2.75, 3.05) is 40.1 Å². The molecule has 2 heterocycles. The van der Waals surface area contributed by atoms with E-state index in [0.717, 1.165) is 16.8 Å². The van der Waals surface area contributed by atoms with Gasteiger partial charge >= 0.3 is 21.3 Å². The number of aliphatic hydroxyl groups is 2. The predicted molar refractivity (Wildman–Crippen MR) is 121 cm³/mol. The zero-order valence-electron chi connectivity index (χ0n) is 19.5. The first kappa shape index (κ1) is 31.0. The van der Waals surface area contributed by atoms with E-state index in [9.17, 15) is 28.5 Å². The quantitative estimate of drug-likeness (QED) is 0.121. The van der Waals surface area contributed by atoms with Gasteiger partial charge in [-0.15, -0.1) is 0 Å². The van der Waals surface area contributed by atoms with E-state index in [0.29, 0.717) is 19.3 Å². The molecule has 1 aromatic rings. The molecule has 5 N–H and O–H groups in total. The highest BCUT2D eigenvalue weighted by molar-refractivity contribution is 7.47. The summed E-state index contributed by atoms with van der Waals surface area (Å²) in [5.41, 5.74) is -1.55. The van der Waals surface area contributed by atoms with Crippen molar-refractivity contribution in [3.05, 3.63) is 33.1 Å². The maximum absolute atomic E-state index is 12.5. The average molecular weight is 562 g/mol. The molecule has 0 saturated carbocycles. The Morgan fingerprint density at radius 2 is 1.58 bits per heavy atom. The van der Waals surface area contributed by atoms with Crippen molar-refractivity contribution >= 4 is 15.6 Å². The van der Waals surface area contributed by atoms with Crippen LogP contribution in [0.5, 0.6) is 0 Å². The highest BCUT2D eigenvalue weighted by atomic mass is 31.2. The van der Waals surface area contributed by atoms with Crippen molar-refractivity contribution in [2.45, 2.75) is 50.2 Å². The van der Waals surface area contributed by atoms with Gasteiger partial charge in [0.25, 0.3) is 5.56 Å². The maximum atomic E-state index is 12.5. The molecule has 2 unspecified atom stereocenters. The van der Waals surface area contributed by atoms with Crippen LogP contribution in [0.4, 0.5) is 0 Å². The van der Waals surface area contributed by atoms with Crippen LogP contribution in [-0.2, 0) is 36.7 Å². The zero-order valence-corrected chi connectivity index (χ0v) is 21.3. The molecule has 0 spiro atoms. The molecule has 0 bridgehead atoms. The van der Waals surface area contributed by atoms with E-state index in [1.54, 1.807) is 0 Å². The van der Waals surface area contributed by atoms with Crippen molar-refractivity contribution in [1.82, 2.24) is 9.55 Å². The lowest BCUT2D eigenvalue weighted by atomic mass is 10.1. The molecular weight excluding hydrogens is 530 g/mol. The second-order valence-electron chi connectivity index (χ2n) is 7.61. The van der Waals surface area contributed by atoms with E-state index >= 15 is 0 Å². The first-order valence-electron chi connectivity index (χ1n) is 11.0. The fourth-order valence-electron chi connectivity index (χ4n) is 3.25. The van der Waals surface area contributed by atoms with Crippen LogP contribution in [0.1, 0.15) is 31.9 Å². The molecule has 16 nitrogen and oxygen atoms in total. The molecule has 1 fully saturated rings. The summed E-state index contributed by atoms with van der Waals surface area (Å²) in [7, 11) is -8.10. The van der Waals surface area contributed by atoms with Crippen LogP contribution < -0.4 is 11.2 Å². The van der Waals surface area contributed by atoms with Gasteiger partial charge in [-0.1, -0.05) is 0 Å². The lowest BCUT2D eigenvalue weighted by Crippen LogP contribution is -2.40. The van der Waals surface area contributed by atoms with E-state index in [2.05, 4.69) is 0 Å². The van der Waals surface area contributed by atoms with Gasteiger partial charge in [-0.05, 0) is 25.7 Å². The molecule has 0 aromatic carbocycles. The fourth-order valence-corrected chi connectivity index (χ4v) is 5.00. The molecule has 0 radical (unpaired) electrons. The van der Waals surface area contributed by atoms with Gasteiger partial charge in [-0.3, -0.25) is 32.4 Å². The van der Waals surface area contributed by atoms with Crippen molar-refractivity contribution in [1.29, 1.82) is 0 Å². The largest absolute Gasteiger partial charge is 0.472 e. The molecule has 18 heteroatoms. The highest BCUT2D eigenvalue weighted by Gasteiger charge is 2.51. The Bertz CT molecular complexity index is 1020. The fraction of sp³-hybridized carbons (Fsp3) is 0.778. The number of rotatable bonds is 17. The second kappa shape index (κ2) is 14.6. The first-order valence-corrected chi connectivity index (χ1v) is 14.0. The number of hydrogen-bond donors (Lipinski definition) is 5. The van der Waals surface area contributed by atoms with Gasteiger partial charge in [0.15, 0.2) is 6.23 Å². The number of unbranched alkanes of at least 4 members (excludes halogenated alkanes) is 2. The summed E-state index contributed by atoms with van der Waals surface area (Å²) in [6.45, 7) is -1.33. The van der Waals surface area contributed by atoms with Crippen molar-refractivity contribution in [3.8, 4) is 0 Å². The number of methoxy groups -OCH3 is 1. The van der Waals surface area contributed by atoms with Crippen LogP contribution >= 0.6 is 15.6 Å². The third-order valence-electron chi connectivity index (χ3n) is 4.95. The molecule has 1 aliphatic rings. The maximum Gasteiger partial charge on any atom is 0.472 e. The van der Waals surface area contributed by atoms with E-state index in [4.69, 9.17) is 37.8 Å². The number of hydrogen-bond acceptors (Lipinski definition) is 12. The van der Waals surface area contributed by atoms with Crippen LogP contribution in [0, 0.1) is 0 Å². The highest BCUT2D eigenvalue weighted by Crippen LogP contribution is 2.50. The SMILES string of the molecule is CO[C@@H]1[C@H](OP(=O)(O)OCCCCO)[C@@H](COP(=O)(O)OCCCCO)O[C@H]1n1ccc(=O)[nH]c1=O. The molecule has 6 atom stereocenters. The van der Waals surface area contributed by atoms with E-state index < -0.39 is 58.0 Å². The summed E-state index contributed by atoms with van der Waals surface area (Å²) in [5.74, 6) is 0. The molecule has 0 amide bonds. The minimum absolute atomic E-state index is 0.123. The van der Waals surface area contributed by atoms with Gasteiger partial charge in [0, 0.05) is 32.6 Å². The molecule has 1 aromatic heterocycles. The number of nitrogens with one attached hydrogen (secondary N) is 1. The minimum Gasteiger partial charge on any atom is -0.396 e. The van der Waals surface area contributed by atoms with Gasteiger partial charge in [-0.25, -0.2) is 13.9 Å². The topological polar surface area (TPSA) is 225 Å². The van der Waals surface area contributed by atoms with E-state index in [-0.39, 0.29) is 32.8 Å². The third-order valence-corrected chi connectivity index (χ3v) is 6.96. The Morgan fingerprint density at radius 1 is 0.972 bits per heavy atom. The summed E-state index contributed by atoms with van der Waals surface area (Å²) in [4.78, 5) is 45.9. The normalized spacial score (nSPS) is 25.5. The van der Waals surface area contributed by atoms with Crippen LogP contribution in [-0.4, -0.2) is 88.0 Å². The second-order valence-corrected chi connectivity index (χ2v) is 10.5. The van der Waals surface area contributed by atoms with Gasteiger partial charge < -0.3 is 29.5 Å². The van der Waals surface area contributed by atoms with Crippen LogP contribution in [0.15, 0.2) is 21.9 Å². The number of aromatic amines is 1. The molecule has 1 aliphatic heterocycles. The van der Waals surface area contributed by atoms with E-state index in [1.165, 1.54) is 7.11 Å². The Morgan fingerprint density at radius 3 is 2.14 bits per heavy atom. The van der Waals surface area contributed by atoms with Crippen LogP contribution in [0.25, 0.3) is 0 Å². The molecule has 0 aliphatic carbocycles. The standard InChI is InChI=1S/C18H32N2O14P2/c1-29-16-15(34-36(27,28)31-11-5-3-9-22)13(12-32-35(25,26)30-10-4-2-8-21)33-17(16)20-7-6-14(23)19-18(20)24/h6-7,13,15-17,21-22H,2-5,8-12H2,1H3,(H,25,26)(H,27,28)(H,19,23,24)/t13-,15-,16-,17-/m1/s1. The number of phosphoric ester groups is 2. The lowest BCUT2D eigenvalue weighted by molar-refractivity contribution is -0.0626. The number of H-pyrrole nitrogens is 1. The predicted octanol–water partition coefficient (Wildman–Crippen LogP) is -0.370. The summed E-state index contributed by atoms with van der Waals surface area (Å²) < 4.78 is 56.7. The Balaban J connectivity index is 2.22. The molecule has 2 rings (SSSR count). The third kappa shape index (κ3) is 9.56. The monoisotopic (exact) mass is 562 g/mol. The van der Waals surface area contributed by atoms with Crippen LogP contribution in [0.2, 0.25) is 0 Å². The summed E-state index contributed by atoms with van der Waals surface area (Å²) in [6, 6.07) is 1.04. The summed E-state index contributed by atoms with van der Waals surface area (Å²) in [5, 5.41) is 17.6. The number of nitrogens with zero attached hydrogens (tertiary/aromatic N) is 1. The van der Waals surface area contributed by atoms with Gasteiger partial charge in [0.05, 0.1) is 19.8 Å². The Kier molecular flexibility index (Phi) is 12.6. The number of ether oxygens (including phenoxy) is 2. The Labute approximate surface area is 205 Å². The van der Waals surface area contributed by atoms with Crippen molar-refractivity contribution < 1.29 is 56.7 Å². The number of aromatic nitrogens is 2. The lowest BCUT2D eigenvalue weighted by Gasteiger charge is -2.25. The molecule has 36 heavy (non-hydrogen) atoms. The number of aliphatic hydroxyl groups excluding tert-OH is 2. The minimum atomic E-state index is -4.73. The first-order chi connectivity index (χ1) is 17.0. The summed E-state index contributed by atoms with van der Waals surface area (Å²) >= 11 is 0. The Hall–Kier alpha value is -1.26. The van der Waals surface area contributed by atoms with Gasteiger partial charge in [-0.2, -0.15) is 0 Å².